The largest absolute Gasteiger partial charge is 0.478 e. The normalized spacial score (nSPS) is 11.6. The molecule has 0 atom stereocenters. The van der Waals surface area contributed by atoms with Gasteiger partial charge in [0.05, 0.1) is 13.2 Å². The molecule has 0 spiro atoms. The van der Waals surface area contributed by atoms with E-state index in [4.69, 9.17) is 24.4 Å². The minimum atomic E-state index is -1.24. The number of carbonyl (C=O) groups excluding carboxylic acids is 2. The SMILES string of the molecule is CC(C)(CCOCCCOC(=O)C=CC(=O)O)OC(=O)C=CC(=O)O. The zero-order valence-electron chi connectivity index (χ0n) is 14.1. The van der Waals surface area contributed by atoms with Crippen LogP contribution in [0.25, 0.3) is 0 Å². The molecule has 0 heterocycles. The highest BCUT2D eigenvalue weighted by Crippen LogP contribution is 2.15. The van der Waals surface area contributed by atoms with E-state index in [0.717, 1.165) is 12.2 Å². The molecule has 0 radical (unpaired) electrons. The van der Waals surface area contributed by atoms with E-state index in [1.165, 1.54) is 0 Å². The summed E-state index contributed by atoms with van der Waals surface area (Å²) in [5, 5.41) is 16.7. The molecule has 0 unspecified atom stereocenters. The third kappa shape index (κ3) is 14.6. The Labute approximate surface area is 144 Å². The van der Waals surface area contributed by atoms with Gasteiger partial charge in [0.2, 0.25) is 0 Å². The van der Waals surface area contributed by atoms with Crippen LogP contribution in [0.4, 0.5) is 0 Å². The number of hydrogen-bond donors (Lipinski definition) is 2. The zero-order chi connectivity index (χ0) is 19.3. The summed E-state index contributed by atoms with van der Waals surface area (Å²) in [5.41, 5.74) is -0.825. The van der Waals surface area contributed by atoms with Gasteiger partial charge in [-0.15, -0.1) is 0 Å². The molecule has 0 saturated carbocycles. The molecule has 25 heavy (non-hydrogen) atoms. The second-order valence-electron chi connectivity index (χ2n) is 5.41. The summed E-state index contributed by atoms with van der Waals surface area (Å²) in [6, 6.07) is 0. The molecule has 0 aliphatic rings. The van der Waals surface area contributed by atoms with Gasteiger partial charge in [-0.05, 0) is 13.8 Å². The van der Waals surface area contributed by atoms with Gasteiger partial charge in [0.15, 0.2) is 0 Å². The predicted molar refractivity (Wildman–Crippen MR) is 84.7 cm³/mol. The first-order valence-electron chi connectivity index (χ1n) is 7.42. The molecule has 9 heteroatoms. The summed E-state index contributed by atoms with van der Waals surface area (Å²) in [6.45, 7) is 4.01. The maximum Gasteiger partial charge on any atom is 0.331 e. The standard InChI is InChI=1S/C16H22O9/c1-16(2,25-15(22)7-5-13(19)20)8-11-23-9-3-10-24-14(21)6-4-12(17)18/h4-7H,3,8-11H2,1-2H3,(H,17,18)(H,19,20). The highest BCUT2D eigenvalue weighted by molar-refractivity contribution is 5.91. The van der Waals surface area contributed by atoms with Crippen molar-refractivity contribution in [1.29, 1.82) is 0 Å². The van der Waals surface area contributed by atoms with Crippen molar-refractivity contribution in [3.8, 4) is 0 Å². The molecule has 9 nitrogen and oxygen atoms in total. The van der Waals surface area contributed by atoms with Crippen LogP contribution in [0.2, 0.25) is 0 Å². The molecule has 0 amide bonds. The topological polar surface area (TPSA) is 136 Å². The van der Waals surface area contributed by atoms with E-state index in [1.54, 1.807) is 13.8 Å². The van der Waals surface area contributed by atoms with Gasteiger partial charge < -0.3 is 24.4 Å². The minimum Gasteiger partial charge on any atom is -0.478 e. The third-order valence-electron chi connectivity index (χ3n) is 2.63. The number of aliphatic carboxylic acids is 2. The van der Waals surface area contributed by atoms with Crippen molar-refractivity contribution in [2.24, 2.45) is 0 Å². The van der Waals surface area contributed by atoms with Crippen LogP contribution in [-0.4, -0.2) is 59.5 Å². The maximum absolute atomic E-state index is 11.4. The van der Waals surface area contributed by atoms with Crippen LogP contribution in [0, 0.1) is 0 Å². The summed E-state index contributed by atoms with van der Waals surface area (Å²) >= 11 is 0. The lowest BCUT2D eigenvalue weighted by atomic mass is 10.1. The Kier molecular flexibility index (Phi) is 10.5. The Balaban J connectivity index is 3.82. The lowest BCUT2D eigenvalue weighted by molar-refractivity contribution is -0.152. The van der Waals surface area contributed by atoms with Gasteiger partial charge in [-0.2, -0.15) is 0 Å². The van der Waals surface area contributed by atoms with E-state index in [9.17, 15) is 19.2 Å². The number of carboxylic acids is 2. The summed E-state index contributed by atoms with van der Waals surface area (Å²) in [4.78, 5) is 42.9. The van der Waals surface area contributed by atoms with E-state index in [1.807, 2.05) is 0 Å². The summed E-state index contributed by atoms with van der Waals surface area (Å²) in [5.74, 6) is -3.97. The fourth-order valence-corrected chi connectivity index (χ4v) is 1.44. The van der Waals surface area contributed by atoms with E-state index in [-0.39, 0.29) is 13.2 Å². The van der Waals surface area contributed by atoms with Crippen LogP contribution >= 0.6 is 0 Å². The fourth-order valence-electron chi connectivity index (χ4n) is 1.44. The smallest absolute Gasteiger partial charge is 0.331 e. The fraction of sp³-hybridized carbons (Fsp3) is 0.500. The first-order valence-corrected chi connectivity index (χ1v) is 7.42. The van der Waals surface area contributed by atoms with Gasteiger partial charge >= 0.3 is 23.9 Å². The van der Waals surface area contributed by atoms with Crippen molar-refractivity contribution in [3.05, 3.63) is 24.3 Å². The van der Waals surface area contributed by atoms with E-state index >= 15 is 0 Å². The molecule has 0 saturated heterocycles. The quantitative estimate of drug-likeness (QED) is 0.296. The van der Waals surface area contributed by atoms with Crippen LogP contribution in [-0.2, 0) is 33.4 Å². The van der Waals surface area contributed by atoms with Gasteiger partial charge in [-0.3, -0.25) is 0 Å². The van der Waals surface area contributed by atoms with Crippen molar-refractivity contribution in [1.82, 2.24) is 0 Å². The highest BCUT2D eigenvalue weighted by Gasteiger charge is 2.21. The van der Waals surface area contributed by atoms with Gasteiger partial charge in [0.25, 0.3) is 0 Å². The average molecular weight is 358 g/mol. The molecule has 0 aliphatic heterocycles. The van der Waals surface area contributed by atoms with Crippen molar-refractivity contribution < 1.29 is 43.6 Å². The zero-order valence-corrected chi connectivity index (χ0v) is 14.1. The molecule has 0 fully saturated rings. The second kappa shape index (κ2) is 11.8. The molecule has 0 aliphatic carbocycles. The molecule has 0 aromatic rings. The first-order chi connectivity index (χ1) is 11.6. The van der Waals surface area contributed by atoms with Crippen molar-refractivity contribution in [2.45, 2.75) is 32.3 Å². The van der Waals surface area contributed by atoms with Gasteiger partial charge in [-0.1, -0.05) is 0 Å². The Hall–Kier alpha value is -2.68. The van der Waals surface area contributed by atoms with Gasteiger partial charge in [0, 0.05) is 43.8 Å². The third-order valence-corrected chi connectivity index (χ3v) is 2.63. The summed E-state index contributed by atoms with van der Waals surface area (Å²) in [6.07, 6.45) is 3.85. The number of carboxylic acid groups (broad SMARTS) is 2. The van der Waals surface area contributed by atoms with E-state index < -0.39 is 29.5 Å². The van der Waals surface area contributed by atoms with Crippen LogP contribution in [0.3, 0.4) is 0 Å². The molecule has 2 N–H and O–H groups in total. The van der Waals surface area contributed by atoms with E-state index in [0.29, 0.717) is 31.6 Å². The minimum absolute atomic E-state index is 0.0845. The second-order valence-corrected chi connectivity index (χ2v) is 5.41. The molecule has 140 valence electrons. The van der Waals surface area contributed by atoms with Crippen LogP contribution in [0.5, 0.6) is 0 Å². The Morgan fingerprint density at radius 1 is 0.840 bits per heavy atom. The monoisotopic (exact) mass is 358 g/mol. The first kappa shape index (κ1) is 22.3. The van der Waals surface area contributed by atoms with Crippen molar-refractivity contribution >= 4 is 23.9 Å². The van der Waals surface area contributed by atoms with Crippen molar-refractivity contribution in [2.75, 3.05) is 19.8 Å². The predicted octanol–water partition coefficient (Wildman–Crippen LogP) is 0.930. The summed E-state index contributed by atoms with van der Waals surface area (Å²) < 4.78 is 15.2. The number of hydrogen-bond acceptors (Lipinski definition) is 7. The lowest BCUT2D eigenvalue weighted by Crippen LogP contribution is -2.29. The lowest BCUT2D eigenvalue weighted by Gasteiger charge is -2.24. The molecule has 0 rings (SSSR count). The molecule has 0 aromatic heterocycles. The van der Waals surface area contributed by atoms with Crippen LogP contribution < -0.4 is 0 Å². The maximum atomic E-state index is 11.4. The molecule has 0 aromatic carbocycles. The Morgan fingerprint density at radius 3 is 1.96 bits per heavy atom. The number of ether oxygens (including phenoxy) is 3. The van der Waals surface area contributed by atoms with Crippen molar-refractivity contribution in [3.63, 3.8) is 0 Å². The molecular weight excluding hydrogens is 336 g/mol. The highest BCUT2D eigenvalue weighted by atomic mass is 16.6. The molecular formula is C16H22O9. The average Bonchev–Trinajstić information content (AvgIpc) is 2.49. The van der Waals surface area contributed by atoms with Gasteiger partial charge in [0.1, 0.15) is 5.60 Å². The van der Waals surface area contributed by atoms with Crippen LogP contribution in [0.15, 0.2) is 24.3 Å². The molecule has 0 bridgehead atoms. The van der Waals surface area contributed by atoms with Gasteiger partial charge in [-0.25, -0.2) is 19.2 Å². The van der Waals surface area contributed by atoms with Crippen LogP contribution in [0.1, 0.15) is 26.7 Å². The van der Waals surface area contributed by atoms with E-state index in [2.05, 4.69) is 0 Å². The number of esters is 2. The number of carbonyl (C=O) groups is 4. The number of rotatable bonds is 12. The Morgan fingerprint density at radius 2 is 1.40 bits per heavy atom. The Bertz CT molecular complexity index is 532. The summed E-state index contributed by atoms with van der Waals surface area (Å²) in [7, 11) is 0.